The first-order valence-corrected chi connectivity index (χ1v) is 7.25. The van der Waals surface area contributed by atoms with Crippen molar-refractivity contribution in [3.8, 4) is 0 Å². The minimum absolute atomic E-state index is 0.0820. The molecule has 0 saturated heterocycles. The van der Waals surface area contributed by atoms with Crippen molar-refractivity contribution in [1.29, 1.82) is 0 Å². The van der Waals surface area contributed by atoms with Crippen molar-refractivity contribution in [1.82, 2.24) is 19.8 Å². The number of carbonyl (C=O) groups is 1. The van der Waals surface area contributed by atoms with Crippen LogP contribution < -0.4 is 5.32 Å². The molecule has 1 amide bonds. The third kappa shape index (κ3) is 4.03. The first-order chi connectivity index (χ1) is 8.54. The van der Waals surface area contributed by atoms with Crippen molar-refractivity contribution in [3.05, 3.63) is 11.9 Å². The summed E-state index contributed by atoms with van der Waals surface area (Å²) in [5, 5.41) is 8.96. The molecule has 0 aromatic carbocycles. The van der Waals surface area contributed by atoms with Gasteiger partial charge >= 0.3 is 0 Å². The average Bonchev–Trinajstić information content (AvgIpc) is 2.61. The van der Waals surface area contributed by atoms with Crippen LogP contribution in [0.2, 0.25) is 0 Å². The number of aromatic amines is 1. The molecule has 108 valence electrons. The van der Waals surface area contributed by atoms with Gasteiger partial charge in [-0.15, -0.1) is 0 Å². The Morgan fingerprint density at radius 3 is 2.47 bits per heavy atom. The molecule has 1 aromatic rings. The van der Waals surface area contributed by atoms with Crippen LogP contribution in [0.3, 0.4) is 0 Å². The highest BCUT2D eigenvalue weighted by Crippen LogP contribution is 2.15. The van der Waals surface area contributed by atoms with Crippen LogP contribution in [0.4, 0.5) is 0 Å². The lowest BCUT2D eigenvalue weighted by Crippen LogP contribution is -2.46. The van der Waals surface area contributed by atoms with Crippen LogP contribution in [0.15, 0.2) is 11.1 Å². The van der Waals surface area contributed by atoms with Crippen molar-refractivity contribution < 1.29 is 13.2 Å². The van der Waals surface area contributed by atoms with Gasteiger partial charge in [0.2, 0.25) is 15.9 Å². The van der Waals surface area contributed by atoms with Crippen LogP contribution in [0.5, 0.6) is 0 Å². The largest absolute Gasteiger partial charge is 0.350 e. The number of aromatic nitrogens is 2. The highest BCUT2D eigenvalue weighted by Gasteiger charge is 2.26. The predicted octanol–water partition coefficient (Wildman–Crippen LogP) is 0.253. The zero-order valence-corrected chi connectivity index (χ0v) is 12.6. The van der Waals surface area contributed by atoms with Gasteiger partial charge in [0, 0.05) is 12.6 Å². The lowest BCUT2D eigenvalue weighted by Gasteiger charge is -2.23. The molecule has 0 bridgehead atoms. The fourth-order valence-electron chi connectivity index (χ4n) is 1.51. The molecule has 19 heavy (non-hydrogen) atoms. The van der Waals surface area contributed by atoms with Gasteiger partial charge in [0.15, 0.2) is 0 Å². The Bertz CT molecular complexity index is 557. The number of aryl methyl sites for hydroxylation is 1. The zero-order valence-electron chi connectivity index (χ0n) is 11.8. The third-order valence-corrected chi connectivity index (χ3v) is 4.27. The number of amides is 1. The van der Waals surface area contributed by atoms with E-state index in [0.29, 0.717) is 5.69 Å². The molecule has 1 heterocycles. The summed E-state index contributed by atoms with van der Waals surface area (Å²) in [7, 11) is -2.33. The Labute approximate surface area is 113 Å². The predicted molar refractivity (Wildman–Crippen MR) is 71.0 cm³/mol. The first-order valence-electron chi connectivity index (χ1n) is 5.81. The minimum Gasteiger partial charge on any atom is -0.350 e. The van der Waals surface area contributed by atoms with E-state index in [1.54, 1.807) is 6.92 Å². The summed E-state index contributed by atoms with van der Waals surface area (Å²) in [5.41, 5.74) is 0.0517. The lowest BCUT2D eigenvalue weighted by atomic mass is 10.1. The van der Waals surface area contributed by atoms with Gasteiger partial charge in [-0.25, -0.2) is 8.42 Å². The monoisotopic (exact) mass is 288 g/mol. The highest BCUT2D eigenvalue weighted by molar-refractivity contribution is 7.89. The Hall–Kier alpha value is -1.41. The molecule has 8 heteroatoms. The normalized spacial score (nSPS) is 12.7. The van der Waals surface area contributed by atoms with Crippen LogP contribution in [0.25, 0.3) is 0 Å². The summed E-state index contributed by atoms with van der Waals surface area (Å²) in [4.78, 5) is 11.8. The van der Waals surface area contributed by atoms with E-state index in [1.165, 1.54) is 13.2 Å². The smallest absolute Gasteiger partial charge is 0.246 e. The maximum absolute atomic E-state index is 12.2. The maximum atomic E-state index is 12.2. The number of rotatable bonds is 4. The quantitative estimate of drug-likeness (QED) is 0.830. The zero-order chi connectivity index (χ0) is 14.8. The van der Waals surface area contributed by atoms with Gasteiger partial charge in [-0.2, -0.15) is 9.40 Å². The van der Waals surface area contributed by atoms with Crippen LogP contribution in [-0.4, -0.2) is 48.0 Å². The standard InChI is InChI=1S/C11H20N4O3S/c1-8-9(6-12-14-8)19(17,18)15(5)7-10(16)13-11(2,3)4/h6H,7H2,1-5H3,(H,12,14)(H,13,16). The average molecular weight is 288 g/mol. The van der Waals surface area contributed by atoms with Gasteiger partial charge in [0.05, 0.1) is 18.4 Å². The second kappa shape index (κ2) is 5.30. The number of hydrogen-bond acceptors (Lipinski definition) is 4. The SMILES string of the molecule is Cc1[nH]ncc1S(=O)(=O)N(C)CC(=O)NC(C)(C)C. The fourth-order valence-corrected chi connectivity index (χ4v) is 2.75. The summed E-state index contributed by atoms with van der Waals surface area (Å²) < 4.78 is 25.4. The van der Waals surface area contributed by atoms with Crippen molar-refractivity contribution >= 4 is 15.9 Å². The molecule has 0 aliphatic carbocycles. The van der Waals surface area contributed by atoms with Crippen LogP contribution >= 0.6 is 0 Å². The summed E-state index contributed by atoms with van der Waals surface area (Å²) in [5.74, 6) is -0.347. The fraction of sp³-hybridized carbons (Fsp3) is 0.636. The highest BCUT2D eigenvalue weighted by atomic mass is 32.2. The van der Waals surface area contributed by atoms with E-state index in [-0.39, 0.29) is 17.3 Å². The Morgan fingerprint density at radius 2 is 2.05 bits per heavy atom. The molecular formula is C11H20N4O3S. The number of nitrogens with one attached hydrogen (secondary N) is 2. The third-order valence-electron chi connectivity index (χ3n) is 2.35. The number of nitrogens with zero attached hydrogens (tertiary/aromatic N) is 2. The van der Waals surface area contributed by atoms with E-state index >= 15 is 0 Å². The van der Waals surface area contributed by atoms with Crippen LogP contribution in [-0.2, 0) is 14.8 Å². The van der Waals surface area contributed by atoms with E-state index in [1.807, 2.05) is 20.8 Å². The topological polar surface area (TPSA) is 95.2 Å². The summed E-state index contributed by atoms with van der Waals surface area (Å²) in [6.45, 7) is 6.88. The summed E-state index contributed by atoms with van der Waals surface area (Å²) >= 11 is 0. The Kier molecular flexibility index (Phi) is 4.36. The molecule has 0 spiro atoms. The van der Waals surface area contributed by atoms with E-state index in [2.05, 4.69) is 15.5 Å². The number of sulfonamides is 1. The van der Waals surface area contributed by atoms with E-state index in [4.69, 9.17) is 0 Å². The van der Waals surface area contributed by atoms with Crippen LogP contribution in [0, 0.1) is 6.92 Å². The molecular weight excluding hydrogens is 268 g/mol. The number of likely N-dealkylation sites (N-methyl/N-ethyl adjacent to an activating group) is 1. The molecule has 0 radical (unpaired) electrons. The van der Waals surface area contributed by atoms with Gasteiger partial charge in [0.1, 0.15) is 4.90 Å². The second-order valence-corrected chi connectivity index (χ2v) is 7.43. The molecule has 0 aliphatic heterocycles. The Morgan fingerprint density at radius 1 is 1.47 bits per heavy atom. The second-order valence-electron chi connectivity index (χ2n) is 5.42. The molecule has 1 aromatic heterocycles. The number of carbonyl (C=O) groups excluding carboxylic acids is 1. The molecule has 7 nitrogen and oxygen atoms in total. The van der Waals surface area contributed by atoms with Gasteiger partial charge in [-0.3, -0.25) is 9.89 Å². The van der Waals surface area contributed by atoms with E-state index in [0.717, 1.165) is 4.31 Å². The molecule has 0 saturated carbocycles. The van der Waals surface area contributed by atoms with Gasteiger partial charge in [-0.1, -0.05) is 0 Å². The van der Waals surface area contributed by atoms with Crippen molar-refractivity contribution in [2.24, 2.45) is 0 Å². The van der Waals surface area contributed by atoms with E-state index < -0.39 is 15.6 Å². The van der Waals surface area contributed by atoms with E-state index in [9.17, 15) is 13.2 Å². The van der Waals surface area contributed by atoms with Crippen molar-refractivity contribution in [2.75, 3.05) is 13.6 Å². The van der Waals surface area contributed by atoms with Gasteiger partial charge < -0.3 is 5.32 Å². The first kappa shape index (κ1) is 15.6. The maximum Gasteiger partial charge on any atom is 0.246 e. The molecule has 0 unspecified atom stereocenters. The molecule has 2 N–H and O–H groups in total. The molecule has 0 aliphatic rings. The summed E-state index contributed by atoms with van der Waals surface area (Å²) in [6.07, 6.45) is 1.24. The van der Waals surface area contributed by atoms with Crippen molar-refractivity contribution in [2.45, 2.75) is 38.1 Å². The molecule has 1 rings (SSSR count). The van der Waals surface area contributed by atoms with Gasteiger partial charge in [0.25, 0.3) is 0 Å². The lowest BCUT2D eigenvalue weighted by molar-refractivity contribution is -0.122. The summed E-state index contributed by atoms with van der Waals surface area (Å²) in [6, 6.07) is 0. The van der Waals surface area contributed by atoms with Crippen molar-refractivity contribution in [3.63, 3.8) is 0 Å². The van der Waals surface area contributed by atoms with Gasteiger partial charge in [-0.05, 0) is 27.7 Å². The number of hydrogen-bond donors (Lipinski definition) is 2. The Balaban J connectivity index is 2.82. The number of H-pyrrole nitrogens is 1. The van der Waals surface area contributed by atoms with Crippen LogP contribution in [0.1, 0.15) is 26.5 Å². The molecule has 0 atom stereocenters. The minimum atomic E-state index is -3.70. The molecule has 0 fully saturated rings.